The van der Waals surface area contributed by atoms with E-state index in [1.165, 1.54) is 19.2 Å². The lowest BCUT2D eigenvalue weighted by atomic mass is 9.68. The van der Waals surface area contributed by atoms with Crippen LogP contribution in [0, 0.1) is 0 Å². The normalized spacial score (nSPS) is 26.2. The van der Waals surface area contributed by atoms with Crippen LogP contribution in [0.4, 0.5) is 13.2 Å². The molecule has 182 valence electrons. The Morgan fingerprint density at radius 3 is 2.63 bits per heavy atom. The standard InChI is InChI=1S/C26H24F3N3O3/c1-32-22(33)25(31-23(32)30,20-11-12-21-18(15-20)10-6-14-34-21)24(35-26(27,28)29)13-5-9-19(16-24)17-7-3-2-4-8-17/h2-5,7-9,11-13,15H,6,10,14,16H2,1H3,(H2,30,31). The minimum atomic E-state index is -5.06. The number of nitrogens with zero attached hydrogens (tertiary/aromatic N) is 2. The molecule has 2 aromatic carbocycles. The maximum absolute atomic E-state index is 14.0. The third kappa shape index (κ3) is 3.80. The Bertz CT molecular complexity index is 1260. The Hall–Kier alpha value is -3.59. The van der Waals surface area contributed by atoms with Crippen LogP contribution >= 0.6 is 0 Å². The lowest BCUT2D eigenvalue weighted by Crippen LogP contribution is -2.59. The molecule has 9 heteroatoms. The Morgan fingerprint density at radius 1 is 1.17 bits per heavy atom. The fourth-order valence-corrected chi connectivity index (χ4v) is 5.10. The van der Waals surface area contributed by atoms with Gasteiger partial charge in [0.05, 0.1) is 6.61 Å². The molecule has 2 atom stereocenters. The molecule has 0 spiro atoms. The molecule has 1 aliphatic carbocycles. The molecule has 2 heterocycles. The Balaban J connectivity index is 1.74. The van der Waals surface area contributed by atoms with E-state index in [1.807, 2.05) is 6.07 Å². The van der Waals surface area contributed by atoms with Crippen LogP contribution < -0.4 is 10.5 Å². The van der Waals surface area contributed by atoms with Crippen molar-refractivity contribution in [2.45, 2.75) is 36.8 Å². The second-order valence-electron chi connectivity index (χ2n) is 8.85. The van der Waals surface area contributed by atoms with Gasteiger partial charge in [0.15, 0.2) is 5.96 Å². The summed E-state index contributed by atoms with van der Waals surface area (Å²) in [6.45, 7) is 0.555. The zero-order chi connectivity index (χ0) is 24.8. The third-order valence-corrected chi connectivity index (χ3v) is 6.74. The van der Waals surface area contributed by atoms with Crippen molar-refractivity contribution in [1.82, 2.24) is 4.90 Å². The molecule has 6 nitrogen and oxygen atoms in total. The van der Waals surface area contributed by atoms with Crippen LogP contribution in [-0.2, 0) is 21.5 Å². The molecule has 0 radical (unpaired) electrons. The van der Waals surface area contributed by atoms with Crippen molar-refractivity contribution < 1.29 is 27.4 Å². The van der Waals surface area contributed by atoms with Crippen LogP contribution in [-0.4, -0.2) is 42.4 Å². The van der Waals surface area contributed by atoms with Gasteiger partial charge in [0.1, 0.15) is 11.4 Å². The van der Waals surface area contributed by atoms with Gasteiger partial charge in [-0.3, -0.25) is 14.4 Å². The predicted molar refractivity (Wildman–Crippen MR) is 124 cm³/mol. The van der Waals surface area contributed by atoms with E-state index in [0.29, 0.717) is 24.4 Å². The second kappa shape index (κ2) is 8.27. The summed E-state index contributed by atoms with van der Waals surface area (Å²) in [5.41, 5.74) is 4.09. The van der Waals surface area contributed by atoms with Crippen molar-refractivity contribution in [1.29, 1.82) is 0 Å². The highest BCUT2D eigenvalue weighted by Crippen LogP contribution is 2.53. The van der Waals surface area contributed by atoms with Gasteiger partial charge in [-0.1, -0.05) is 48.6 Å². The van der Waals surface area contributed by atoms with Crippen molar-refractivity contribution in [2.75, 3.05) is 13.7 Å². The summed E-state index contributed by atoms with van der Waals surface area (Å²) < 4.78 is 52.7. The van der Waals surface area contributed by atoms with Crippen molar-refractivity contribution >= 4 is 17.4 Å². The number of benzene rings is 2. The van der Waals surface area contributed by atoms with E-state index in [4.69, 9.17) is 15.2 Å². The number of guanidine groups is 1. The molecule has 2 unspecified atom stereocenters. The number of ether oxygens (including phenoxy) is 2. The second-order valence-corrected chi connectivity index (χ2v) is 8.85. The Kier molecular flexibility index (Phi) is 5.47. The lowest BCUT2D eigenvalue weighted by Gasteiger charge is -2.45. The molecule has 5 rings (SSSR count). The number of hydrogen-bond donors (Lipinski definition) is 1. The van der Waals surface area contributed by atoms with Crippen molar-refractivity contribution in [3.63, 3.8) is 0 Å². The number of allylic oxidation sites excluding steroid dienone is 2. The first-order valence-corrected chi connectivity index (χ1v) is 11.3. The van der Waals surface area contributed by atoms with E-state index >= 15 is 0 Å². The summed E-state index contributed by atoms with van der Waals surface area (Å²) in [6, 6.07) is 13.9. The number of carbonyl (C=O) groups is 1. The van der Waals surface area contributed by atoms with Crippen molar-refractivity contribution in [3.8, 4) is 5.75 Å². The van der Waals surface area contributed by atoms with Gasteiger partial charge in [-0.2, -0.15) is 0 Å². The summed E-state index contributed by atoms with van der Waals surface area (Å²) in [5.74, 6) is -0.242. The third-order valence-electron chi connectivity index (χ3n) is 6.74. The van der Waals surface area contributed by atoms with Gasteiger partial charge in [-0.25, -0.2) is 4.99 Å². The molecule has 35 heavy (non-hydrogen) atoms. The number of aliphatic imine (C=N–C) groups is 1. The fourth-order valence-electron chi connectivity index (χ4n) is 5.10. The molecule has 2 aromatic rings. The monoisotopic (exact) mass is 483 g/mol. The molecule has 0 saturated heterocycles. The van der Waals surface area contributed by atoms with Gasteiger partial charge in [-0.05, 0) is 53.3 Å². The number of aryl methyl sites for hydroxylation is 1. The van der Waals surface area contributed by atoms with Gasteiger partial charge in [0.25, 0.3) is 5.91 Å². The van der Waals surface area contributed by atoms with E-state index < -0.39 is 23.4 Å². The van der Waals surface area contributed by atoms with Gasteiger partial charge in [0, 0.05) is 13.5 Å². The highest BCUT2D eigenvalue weighted by Gasteiger charge is 2.65. The molecule has 1 amide bonds. The first kappa shape index (κ1) is 23.2. The molecule has 2 N–H and O–H groups in total. The number of carbonyl (C=O) groups excluding carboxylic acids is 1. The van der Waals surface area contributed by atoms with Gasteiger partial charge >= 0.3 is 6.36 Å². The van der Waals surface area contributed by atoms with Gasteiger partial charge in [-0.15, -0.1) is 13.2 Å². The van der Waals surface area contributed by atoms with E-state index in [-0.39, 0.29) is 17.9 Å². The molecule has 3 aliphatic rings. The molecule has 0 saturated carbocycles. The molecular weight excluding hydrogens is 459 g/mol. The van der Waals surface area contributed by atoms with Crippen LogP contribution in [0.3, 0.4) is 0 Å². The smallest absolute Gasteiger partial charge is 0.493 e. The molecule has 0 fully saturated rings. The number of nitrogens with two attached hydrogens (primary N) is 1. The minimum Gasteiger partial charge on any atom is -0.493 e. The number of halogens is 3. The van der Waals surface area contributed by atoms with Crippen molar-refractivity contribution in [2.24, 2.45) is 10.7 Å². The van der Waals surface area contributed by atoms with E-state index in [1.54, 1.807) is 48.5 Å². The van der Waals surface area contributed by atoms with Crippen molar-refractivity contribution in [3.05, 3.63) is 83.4 Å². The SMILES string of the molecule is CN1C(=O)C(c2ccc3c(c2)CCCO3)(C2(OC(F)(F)F)C=CC=C(c3ccccc3)C2)N=C1N. The summed E-state index contributed by atoms with van der Waals surface area (Å²) in [7, 11) is 1.40. The number of hydrogen-bond acceptors (Lipinski definition) is 5. The fraction of sp³-hybridized carbons (Fsp3) is 0.308. The van der Waals surface area contributed by atoms with E-state index in [2.05, 4.69) is 4.99 Å². The largest absolute Gasteiger partial charge is 0.523 e. The Labute approximate surface area is 200 Å². The number of alkyl halides is 3. The Morgan fingerprint density at radius 2 is 1.94 bits per heavy atom. The predicted octanol–water partition coefficient (Wildman–Crippen LogP) is 4.31. The summed E-state index contributed by atoms with van der Waals surface area (Å²) in [5, 5.41) is 0. The number of rotatable bonds is 4. The average Bonchev–Trinajstić information content (AvgIpc) is 3.08. The average molecular weight is 483 g/mol. The zero-order valence-corrected chi connectivity index (χ0v) is 19.0. The first-order valence-electron chi connectivity index (χ1n) is 11.3. The molecule has 0 bridgehead atoms. The molecule has 2 aliphatic heterocycles. The zero-order valence-electron chi connectivity index (χ0n) is 19.0. The van der Waals surface area contributed by atoms with Crippen LogP contribution in [0.25, 0.3) is 5.57 Å². The summed E-state index contributed by atoms with van der Waals surface area (Å²) in [4.78, 5) is 19.4. The summed E-state index contributed by atoms with van der Waals surface area (Å²) >= 11 is 0. The molecule has 0 aromatic heterocycles. The number of likely N-dealkylation sites (N-methyl/N-ethyl adjacent to an activating group) is 1. The number of fused-ring (bicyclic) bond motifs is 1. The topological polar surface area (TPSA) is 77.2 Å². The maximum Gasteiger partial charge on any atom is 0.523 e. The van der Waals surface area contributed by atoms with Gasteiger partial charge in [0.2, 0.25) is 5.54 Å². The minimum absolute atomic E-state index is 0.182. The van der Waals surface area contributed by atoms with Gasteiger partial charge < -0.3 is 10.5 Å². The van der Waals surface area contributed by atoms with Crippen LogP contribution in [0.2, 0.25) is 0 Å². The molecular formula is C26H24F3N3O3. The highest BCUT2D eigenvalue weighted by molar-refractivity contribution is 6.08. The van der Waals surface area contributed by atoms with Crippen LogP contribution in [0.15, 0.2) is 71.8 Å². The quantitative estimate of drug-likeness (QED) is 0.703. The lowest BCUT2D eigenvalue weighted by molar-refractivity contribution is -0.365. The number of amides is 1. The van der Waals surface area contributed by atoms with Crippen LogP contribution in [0.5, 0.6) is 5.75 Å². The summed E-state index contributed by atoms with van der Waals surface area (Å²) in [6.07, 6.45) is 0.595. The van der Waals surface area contributed by atoms with E-state index in [9.17, 15) is 18.0 Å². The van der Waals surface area contributed by atoms with E-state index in [0.717, 1.165) is 22.4 Å². The van der Waals surface area contributed by atoms with Crippen LogP contribution in [0.1, 0.15) is 29.5 Å². The highest BCUT2D eigenvalue weighted by atomic mass is 19.4. The maximum atomic E-state index is 14.0. The first-order chi connectivity index (χ1) is 16.7.